The van der Waals surface area contributed by atoms with Gasteiger partial charge in [0.1, 0.15) is 30.0 Å². The first-order valence-corrected chi connectivity index (χ1v) is 14.7. The fraction of sp³-hybridized carbons (Fsp3) is 0.300. The van der Waals surface area contributed by atoms with Crippen molar-refractivity contribution in [2.24, 2.45) is 5.73 Å². The van der Waals surface area contributed by atoms with Gasteiger partial charge in [-0.25, -0.2) is 9.89 Å². The number of hydroxylamine groups is 1. The number of morpholine rings is 1. The lowest BCUT2D eigenvalue weighted by Crippen LogP contribution is -2.74. The smallest absolute Gasteiger partial charge is 0.254 e. The maximum absolute atomic E-state index is 12.0. The second kappa shape index (κ2) is 12.4. The monoisotopic (exact) mass is 644 g/mol. The van der Waals surface area contributed by atoms with Gasteiger partial charge >= 0.3 is 0 Å². The Hall–Kier alpha value is -3.21. The number of carbonyl (C=O) groups excluding carboxylic acids is 1. The van der Waals surface area contributed by atoms with Crippen molar-refractivity contribution < 1.29 is 29.7 Å². The van der Waals surface area contributed by atoms with Crippen LogP contribution in [0, 0.1) is 0 Å². The molecule has 2 aromatic carbocycles. The Kier molecular flexibility index (Phi) is 9.02. The van der Waals surface area contributed by atoms with Crippen molar-refractivity contribution in [3.05, 3.63) is 75.0 Å². The van der Waals surface area contributed by atoms with Crippen LogP contribution in [0.2, 0.25) is 10.0 Å². The molecular formula is C30H33Cl2N5O5P+. The van der Waals surface area contributed by atoms with Gasteiger partial charge in [-0.2, -0.15) is 10.6 Å². The number of amides is 1. The van der Waals surface area contributed by atoms with Crippen molar-refractivity contribution in [3.8, 4) is 28.4 Å². The van der Waals surface area contributed by atoms with E-state index in [1.807, 2.05) is 23.7 Å². The number of ether oxygens (including phenoxy) is 3. The van der Waals surface area contributed by atoms with E-state index >= 15 is 0 Å². The number of allylic oxidation sites excluding steroid dienone is 1. The number of hydrogen-bond donors (Lipinski definition) is 3. The molecule has 1 saturated heterocycles. The number of rotatable bonds is 8. The van der Waals surface area contributed by atoms with Gasteiger partial charge in [0.05, 0.1) is 42.7 Å². The van der Waals surface area contributed by atoms with Gasteiger partial charge in [0, 0.05) is 44.9 Å². The number of hydrogen-bond acceptors (Lipinski definition) is 6. The Morgan fingerprint density at radius 1 is 1.23 bits per heavy atom. The number of aromatic nitrogens is 2. The van der Waals surface area contributed by atoms with Crippen LogP contribution in [0.3, 0.4) is 0 Å². The number of methoxy groups -OCH3 is 1. The lowest BCUT2D eigenvalue weighted by atomic mass is 9.95. The first-order chi connectivity index (χ1) is 20.4. The maximum Gasteiger partial charge on any atom is 0.254 e. The number of halogens is 2. The van der Waals surface area contributed by atoms with Gasteiger partial charge in [0.15, 0.2) is 0 Å². The summed E-state index contributed by atoms with van der Waals surface area (Å²) in [6.45, 7) is 8.16. The van der Waals surface area contributed by atoms with Crippen molar-refractivity contribution in [3.63, 3.8) is 0 Å². The summed E-state index contributed by atoms with van der Waals surface area (Å²) < 4.78 is 19.6. The SMILES string of the molecule is COc1cc2c(cc1/C(C)=C/C(=C\[NH2+]O)C(N)=O)-c1c(c(C(=P)N3CCOCC3(C)C)nn1-c1cc(Cl)cc(Cl)c1)CO2. The van der Waals surface area contributed by atoms with Gasteiger partial charge < -0.3 is 19.9 Å². The average molecular weight is 646 g/mol. The molecule has 0 saturated carbocycles. The minimum atomic E-state index is -0.682. The zero-order valence-electron chi connectivity index (χ0n) is 24.2. The minimum Gasteiger partial charge on any atom is -0.496 e. The van der Waals surface area contributed by atoms with E-state index in [0.29, 0.717) is 63.8 Å². The van der Waals surface area contributed by atoms with Crippen LogP contribution in [0.4, 0.5) is 0 Å². The van der Waals surface area contributed by atoms with Gasteiger partial charge in [0.25, 0.3) is 5.91 Å². The van der Waals surface area contributed by atoms with E-state index in [9.17, 15) is 10.0 Å². The summed E-state index contributed by atoms with van der Waals surface area (Å²) in [7, 11) is 5.50. The highest BCUT2D eigenvalue weighted by atomic mass is 35.5. The fourth-order valence-electron chi connectivity index (χ4n) is 5.39. The van der Waals surface area contributed by atoms with Gasteiger partial charge in [-0.15, -0.1) is 0 Å². The molecule has 3 heterocycles. The van der Waals surface area contributed by atoms with Crippen molar-refractivity contribution in [2.75, 3.05) is 26.9 Å². The van der Waals surface area contributed by atoms with E-state index in [1.54, 1.807) is 31.4 Å². The molecule has 226 valence electrons. The van der Waals surface area contributed by atoms with Gasteiger partial charge in [-0.3, -0.25) is 9.69 Å². The average Bonchev–Trinajstić information content (AvgIpc) is 3.35. The molecule has 2 aliphatic heterocycles. The van der Waals surface area contributed by atoms with Crippen LogP contribution in [0.25, 0.3) is 22.5 Å². The lowest BCUT2D eigenvalue weighted by Gasteiger charge is -2.42. The van der Waals surface area contributed by atoms with E-state index in [4.69, 9.17) is 48.2 Å². The number of primary amides is 1. The van der Waals surface area contributed by atoms with E-state index < -0.39 is 5.91 Å². The molecule has 1 aromatic heterocycles. The molecule has 3 aromatic rings. The van der Waals surface area contributed by atoms with Crippen LogP contribution in [0.1, 0.15) is 37.6 Å². The summed E-state index contributed by atoms with van der Waals surface area (Å²) in [5.74, 6) is 0.449. The van der Waals surface area contributed by atoms with Crippen LogP contribution < -0.4 is 20.7 Å². The summed E-state index contributed by atoms with van der Waals surface area (Å²) in [5, 5.41) is 15.3. The Bertz CT molecular complexity index is 1660. The third-order valence-corrected chi connectivity index (χ3v) is 8.42. The second-order valence-electron chi connectivity index (χ2n) is 10.9. The van der Waals surface area contributed by atoms with E-state index in [1.165, 1.54) is 6.20 Å². The molecule has 43 heavy (non-hydrogen) atoms. The summed E-state index contributed by atoms with van der Waals surface area (Å²) >= 11 is 12.9. The highest BCUT2D eigenvalue weighted by molar-refractivity contribution is 7.21. The van der Waals surface area contributed by atoms with Crippen molar-refractivity contribution in [2.45, 2.75) is 32.9 Å². The van der Waals surface area contributed by atoms with Gasteiger partial charge in [0.2, 0.25) is 0 Å². The zero-order valence-corrected chi connectivity index (χ0v) is 26.7. The first kappa shape index (κ1) is 31.2. The fourth-order valence-corrected chi connectivity index (χ4v) is 6.52. The molecule has 0 spiro atoms. The van der Waals surface area contributed by atoms with E-state index in [0.717, 1.165) is 27.7 Å². The molecule has 5 N–H and O–H groups in total. The maximum atomic E-state index is 12.0. The molecule has 0 bridgehead atoms. The number of nitrogens with two attached hydrogens (primary N) is 2. The number of quaternary nitrogens is 1. The van der Waals surface area contributed by atoms with Crippen molar-refractivity contribution >= 4 is 49.0 Å². The summed E-state index contributed by atoms with van der Waals surface area (Å²) in [6.07, 6.45) is 2.83. The zero-order chi connectivity index (χ0) is 31.1. The molecule has 0 radical (unpaired) electrons. The molecule has 0 aliphatic carbocycles. The summed E-state index contributed by atoms with van der Waals surface area (Å²) in [4.78, 5) is 14.2. The normalized spacial score (nSPS) is 16.7. The first-order valence-electron chi connectivity index (χ1n) is 13.5. The number of benzene rings is 2. The Morgan fingerprint density at radius 3 is 2.58 bits per heavy atom. The van der Waals surface area contributed by atoms with Gasteiger partial charge in [-0.1, -0.05) is 32.1 Å². The molecule has 1 amide bonds. The third kappa shape index (κ3) is 6.10. The Morgan fingerprint density at radius 2 is 1.95 bits per heavy atom. The Balaban J connectivity index is 1.75. The predicted octanol–water partition coefficient (Wildman–Crippen LogP) is 4.20. The highest BCUT2D eigenvalue weighted by Gasteiger charge is 2.37. The second-order valence-corrected chi connectivity index (χ2v) is 12.2. The number of carbonyl (C=O) groups is 1. The van der Waals surface area contributed by atoms with Crippen molar-refractivity contribution in [1.82, 2.24) is 14.7 Å². The van der Waals surface area contributed by atoms with Crippen LogP contribution in [-0.2, 0) is 16.1 Å². The highest BCUT2D eigenvalue weighted by Crippen LogP contribution is 2.45. The molecule has 10 nitrogen and oxygen atoms in total. The van der Waals surface area contributed by atoms with Crippen LogP contribution in [-0.4, -0.2) is 63.6 Å². The minimum absolute atomic E-state index is 0.129. The van der Waals surface area contributed by atoms with Crippen LogP contribution in [0.15, 0.2) is 48.2 Å². The van der Waals surface area contributed by atoms with Crippen molar-refractivity contribution in [1.29, 1.82) is 0 Å². The summed E-state index contributed by atoms with van der Waals surface area (Å²) in [5.41, 5.74) is 12.1. The molecule has 13 heteroatoms. The summed E-state index contributed by atoms with van der Waals surface area (Å²) in [6, 6.07) is 9.01. The molecule has 1 fully saturated rings. The van der Waals surface area contributed by atoms with E-state index in [-0.39, 0.29) is 17.7 Å². The molecule has 5 rings (SSSR count). The van der Waals surface area contributed by atoms with Gasteiger partial charge in [-0.05, 0) is 56.7 Å². The number of nitrogens with zero attached hydrogens (tertiary/aromatic N) is 3. The van der Waals surface area contributed by atoms with Crippen LogP contribution >= 0.6 is 32.1 Å². The van der Waals surface area contributed by atoms with E-state index in [2.05, 4.69) is 27.6 Å². The number of fused-ring (bicyclic) bond motifs is 3. The molecule has 0 atom stereocenters. The lowest BCUT2D eigenvalue weighted by molar-refractivity contribution is -0.838. The predicted molar refractivity (Wildman–Crippen MR) is 169 cm³/mol. The standard InChI is InChI=1S/C30H32Cl2N5O5P/c1-16(7-17(13-34-39)28(33)38)21-11-22-25(12-24(21)40-4)42-14-23-26(29(43)36-5-6-41-15-30(36,2)3)35-37(27(22)23)20-9-18(31)8-19(32)10-20/h7-13,34,39,43H,5-6,14-15H2,1-4H3,(H2,33,38)/p+1/b16-7+,17-13+. The largest absolute Gasteiger partial charge is 0.496 e. The third-order valence-electron chi connectivity index (χ3n) is 7.48. The molecular weight excluding hydrogens is 612 g/mol. The Labute approximate surface area is 261 Å². The molecule has 0 unspecified atom stereocenters. The van der Waals surface area contributed by atoms with Crippen LogP contribution in [0.5, 0.6) is 11.5 Å². The topological polar surface area (TPSA) is 129 Å². The molecule has 2 aliphatic rings. The quantitative estimate of drug-likeness (QED) is 0.145.